The van der Waals surface area contributed by atoms with Crippen LogP contribution in [-0.2, 0) is 17.8 Å². The number of benzene rings is 2. The van der Waals surface area contributed by atoms with Crippen molar-refractivity contribution in [2.45, 2.75) is 26.8 Å². The van der Waals surface area contributed by atoms with E-state index in [9.17, 15) is 14.4 Å². The Bertz CT molecular complexity index is 1060. The molecule has 0 saturated carbocycles. The normalized spacial score (nSPS) is 10.6. The van der Waals surface area contributed by atoms with Gasteiger partial charge in [-0.1, -0.05) is 30.3 Å². The fourth-order valence-corrected chi connectivity index (χ4v) is 2.85. The molecule has 0 aliphatic rings. The maximum atomic E-state index is 12.3. The number of carbonyl (C=O) groups excluding carboxylic acids is 2. The van der Waals surface area contributed by atoms with E-state index in [-0.39, 0.29) is 17.9 Å². The fourth-order valence-electron chi connectivity index (χ4n) is 2.85. The van der Waals surface area contributed by atoms with Gasteiger partial charge in [0.2, 0.25) is 5.91 Å². The third-order valence-electron chi connectivity index (χ3n) is 4.21. The second-order valence-corrected chi connectivity index (χ2v) is 6.11. The summed E-state index contributed by atoms with van der Waals surface area (Å²) in [6.45, 7) is 4.04. The molecule has 2 amide bonds. The molecule has 2 N–H and O–H groups in total. The molecule has 3 aromatic rings. The zero-order valence-corrected chi connectivity index (χ0v) is 15.2. The van der Waals surface area contributed by atoms with Crippen LogP contribution in [0.5, 0.6) is 0 Å². The largest absolute Gasteiger partial charge is 0.305 e. The SMILES string of the molecule is CCn1c(=O)c(C)nc2cc(C(=O)NNC(=O)Cc3ccccc3)ccc21. The lowest BCUT2D eigenvalue weighted by atomic mass is 10.1. The van der Waals surface area contributed by atoms with E-state index in [4.69, 9.17) is 0 Å². The van der Waals surface area contributed by atoms with Gasteiger partial charge in [0, 0.05) is 12.1 Å². The molecule has 3 rings (SSSR count). The van der Waals surface area contributed by atoms with Crippen LogP contribution in [0.4, 0.5) is 0 Å². The molecule has 0 radical (unpaired) electrons. The van der Waals surface area contributed by atoms with Crippen molar-refractivity contribution in [3.63, 3.8) is 0 Å². The Morgan fingerprint density at radius 2 is 1.81 bits per heavy atom. The average molecular weight is 364 g/mol. The highest BCUT2D eigenvalue weighted by Crippen LogP contribution is 2.13. The van der Waals surface area contributed by atoms with Crippen molar-refractivity contribution in [2.24, 2.45) is 0 Å². The van der Waals surface area contributed by atoms with Crippen LogP contribution in [0, 0.1) is 6.92 Å². The van der Waals surface area contributed by atoms with E-state index in [0.717, 1.165) is 5.56 Å². The number of amides is 2. The third kappa shape index (κ3) is 4.03. The predicted octanol–water partition coefficient (Wildman–Crippen LogP) is 1.73. The minimum absolute atomic E-state index is 0.143. The quantitative estimate of drug-likeness (QED) is 0.690. The molecule has 0 aliphatic heterocycles. The number of fused-ring (bicyclic) bond motifs is 1. The Labute approximate surface area is 156 Å². The second kappa shape index (κ2) is 7.82. The van der Waals surface area contributed by atoms with Crippen LogP contribution in [0.15, 0.2) is 53.3 Å². The molecule has 7 heteroatoms. The number of nitrogens with zero attached hydrogens (tertiary/aromatic N) is 2. The predicted molar refractivity (Wildman–Crippen MR) is 102 cm³/mol. The highest BCUT2D eigenvalue weighted by Gasteiger charge is 2.12. The van der Waals surface area contributed by atoms with E-state index < -0.39 is 5.91 Å². The van der Waals surface area contributed by atoms with E-state index in [1.807, 2.05) is 37.3 Å². The van der Waals surface area contributed by atoms with Crippen molar-refractivity contribution in [3.8, 4) is 0 Å². The molecule has 2 aromatic carbocycles. The van der Waals surface area contributed by atoms with E-state index in [1.165, 1.54) is 0 Å². The summed E-state index contributed by atoms with van der Waals surface area (Å²) in [7, 11) is 0. The van der Waals surface area contributed by atoms with E-state index in [0.29, 0.717) is 28.8 Å². The fraction of sp³-hybridized carbons (Fsp3) is 0.200. The summed E-state index contributed by atoms with van der Waals surface area (Å²) < 4.78 is 1.61. The maximum Gasteiger partial charge on any atom is 0.272 e. The topological polar surface area (TPSA) is 93.1 Å². The molecule has 0 atom stereocenters. The highest BCUT2D eigenvalue weighted by molar-refractivity contribution is 5.98. The summed E-state index contributed by atoms with van der Waals surface area (Å²) in [6.07, 6.45) is 0.169. The smallest absolute Gasteiger partial charge is 0.272 e. The molecule has 1 aromatic heterocycles. The minimum Gasteiger partial charge on any atom is -0.305 e. The van der Waals surface area contributed by atoms with Crippen molar-refractivity contribution in [1.29, 1.82) is 0 Å². The Kier molecular flexibility index (Phi) is 5.30. The van der Waals surface area contributed by atoms with Crippen LogP contribution in [0.3, 0.4) is 0 Å². The number of hydrazine groups is 1. The van der Waals surface area contributed by atoms with Gasteiger partial charge in [0.25, 0.3) is 11.5 Å². The minimum atomic E-state index is -0.452. The molecule has 0 saturated heterocycles. The Morgan fingerprint density at radius 3 is 2.52 bits per heavy atom. The van der Waals surface area contributed by atoms with Crippen LogP contribution in [0.2, 0.25) is 0 Å². The summed E-state index contributed by atoms with van der Waals surface area (Å²) in [4.78, 5) is 40.7. The first kappa shape index (κ1) is 18.3. The second-order valence-electron chi connectivity index (χ2n) is 6.11. The molecule has 0 bridgehead atoms. The molecule has 138 valence electrons. The highest BCUT2D eigenvalue weighted by atomic mass is 16.2. The first-order valence-corrected chi connectivity index (χ1v) is 8.64. The molecule has 0 fully saturated rings. The van der Waals surface area contributed by atoms with Gasteiger partial charge >= 0.3 is 0 Å². The van der Waals surface area contributed by atoms with Gasteiger partial charge in [-0.2, -0.15) is 0 Å². The number of hydrogen-bond acceptors (Lipinski definition) is 4. The maximum absolute atomic E-state index is 12.3. The molecular weight excluding hydrogens is 344 g/mol. The number of rotatable bonds is 4. The van der Waals surface area contributed by atoms with Crippen LogP contribution in [0.25, 0.3) is 11.0 Å². The van der Waals surface area contributed by atoms with Gasteiger partial charge in [-0.05, 0) is 37.6 Å². The average Bonchev–Trinajstić information content (AvgIpc) is 2.67. The summed E-state index contributed by atoms with van der Waals surface area (Å²) in [5.74, 6) is -0.767. The van der Waals surface area contributed by atoms with Gasteiger partial charge in [0.15, 0.2) is 0 Å². The molecular formula is C20H20N4O3. The zero-order chi connectivity index (χ0) is 19.4. The van der Waals surface area contributed by atoms with Crippen molar-refractivity contribution < 1.29 is 9.59 Å². The van der Waals surface area contributed by atoms with E-state index in [2.05, 4.69) is 15.8 Å². The van der Waals surface area contributed by atoms with Crippen molar-refractivity contribution in [1.82, 2.24) is 20.4 Å². The Hall–Kier alpha value is -3.48. The Balaban J connectivity index is 1.73. The third-order valence-corrected chi connectivity index (χ3v) is 4.21. The number of hydrogen-bond donors (Lipinski definition) is 2. The van der Waals surface area contributed by atoms with Gasteiger partial charge < -0.3 is 4.57 Å². The van der Waals surface area contributed by atoms with Crippen LogP contribution in [0.1, 0.15) is 28.5 Å². The van der Waals surface area contributed by atoms with Gasteiger partial charge in [-0.15, -0.1) is 0 Å². The lowest BCUT2D eigenvalue weighted by Gasteiger charge is -2.11. The first-order chi connectivity index (χ1) is 13.0. The van der Waals surface area contributed by atoms with E-state index in [1.54, 1.807) is 29.7 Å². The molecule has 0 unspecified atom stereocenters. The van der Waals surface area contributed by atoms with Crippen LogP contribution in [-0.4, -0.2) is 21.4 Å². The summed E-state index contributed by atoms with van der Waals surface area (Å²) in [5.41, 5.74) is 7.45. The van der Waals surface area contributed by atoms with Crippen molar-refractivity contribution in [3.05, 3.63) is 75.7 Å². The molecule has 27 heavy (non-hydrogen) atoms. The lowest BCUT2D eigenvalue weighted by Crippen LogP contribution is -2.42. The summed E-state index contributed by atoms with van der Waals surface area (Å²) >= 11 is 0. The number of nitrogens with one attached hydrogen (secondary N) is 2. The number of carbonyl (C=O) groups is 2. The monoisotopic (exact) mass is 364 g/mol. The number of aryl methyl sites for hydroxylation is 2. The van der Waals surface area contributed by atoms with Crippen LogP contribution >= 0.6 is 0 Å². The van der Waals surface area contributed by atoms with Gasteiger partial charge in [-0.25, -0.2) is 4.98 Å². The zero-order valence-electron chi connectivity index (χ0n) is 15.2. The first-order valence-electron chi connectivity index (χ1n) is 8.64. The van der Waals surface area contributed by atoms with Crippen molar-refractivity contribution >= 4 is 22.8 Å². The molecule has 0 aliphatic carbocycles. The van der Waals surface area contributed by atoms with Crippen molar-refractivity contribution in [2.75, 3.05) is 0 Å². The lowest BCUT2D eigenvalue weighted by molar-refractivity contribution is -0.121. The molecule has 0 spiro atoms. The molecule has 1 heterocycles. The van der Waals surface area contributed by atoms with Crippen LogP contribution < -0.4 is 16.4 Å². The van der Waals surface area contributed by atoms with Gasteiger partial charge in [0.1, 0.15) is 5.69 Å². The van der Waals surface area contributed by atoms with Gasteiger partial charge in [-0.3, -0.25) is 25.2 Å². The summed E-state index contributed by atoms with van der Waals surface area (Å²) in [6, 6.07) is 14.1. The van der Waals surface area contributed by atoms with E-state index >= 15 is 0 Å². The van der Waals surface area contributed by atoms with Gasteiger partial charge in [0.05, 0.1) is 17.5 Å². The number of aromatic nitrogens is 2. The Morgan fingerprint density at radius 1 is 1.07 bits per heavy atom. The summed E-state index contributed by atoms with van der Waals surface area (Å²) in [5, 5.41) is 0. The standard InChI is InChI=1S/C20H20N4O3/c1-3-24-17-10-9-15(12-16(17)21-13(2)20(24)27)19(26)23-22-18(25)11-14-7-5-4-6-8-14/h4-10,12H,3,11H2,1-2H3,(H,22,25)(H,23,26). The molecule has 7 nitrogen and oxygen atoms in total.